The van der Waals surface area contributed by atoms with Crippen molar-refractivity contribution in [3.8, 4) is 16.9 Å². The Labute approximate surface area is 299 Å². The minimum Gasteiger partial charge on any atom is -0.482 e. The van der Waals surface area contributed by atoms with Crippen LogP contribution in [0.4, 0.5) is 0 Å². The highest BCUT2D eigenvalue weighted by Crippen LogP contribution is 2.65. The summed E-state index contributed by atoms with van der Waals surface area (Å²) in [5, 5.41) is 0.816. The fourth-order valence-electron chi connectivity index (χ4n) is 11.1. The average molecular weight is 679 g/mol. The predicted molar refractivity (Wildman–Crippen MR) is 201 cm³/mol. The molecule has 3 fully saturated rings. The Kier molecular flexibility index (Phi) is 10.1. The molecule has 0 unspecified atom stereocenters. The monoisotopic (exact) mass is 678 g/mol. The molecule has 268 valence electrons. The van der Waals surface area contributed by atoms with E-state index >= 15 is 0 Å². The summed E-state index contributed by atoms with van der Waals surface area (Å²) < 4.78 is 17.4. The van der Waals surface area contributed by atoms with Gasteiger partial charge in [-0.05, 0) is 121 Å². The first-order valence-corrected chi connectivity index (χ1v) is 19.7. The van der Waals surface area contributed by atoms with Crippen LogP contribution in [0.5, 0.6) is 5.75 Å². The fraction of sp³-hybridized carbons (Fsp3) is 0.600. The zero-order valence-corrected chi connectivity index (χ0v) is 31.0. The minimum atomic E-state index is -0.423. The van der Waals surface area contributed by atoms with E-state index in [1.165, 1.54) is 69.4 Å². The quantitative estimate of drug-likeness (QED) is 0.121. The first kappa shape index (κ1) is 35.1. The molecule has 0 bridgehead atoms. The molecule has 4 aliphatic rings. The van der Waals surface area contributed by atoms with Gasteiger partial charge in [0.05, 0.1) is 0 Å². The van der Waals surface area contributed by atoms with Gasteiger partial charge in [0.25, 0.3) is 0 Å². The number of hydrogen-bond donors (Lipinski definition) is 0. The lowest BCUT2D eigenvalue weighted by molar-refractivity contribution is -0.154. The van der Waals surface area contributed by atoms with Crippen molar-refractivity contribution in [2.24, 2.45) is 46.3 Å². The highest BCUT2D eigenvalue weighted by molar-refractivity contribution is 5.93. The van der Waals surface area contributed by atoms with Crippen LogP contribution >= 0.6 is 0 Å². The number of rotatable bonds is 10. The number of ether oxygens (including phenoxy) is 2. The Morgan fingerprint density at radius 1 is 0.940 bits per heavy atom. The molecule has 0 spiro atoms. The van der Waals surface area contributed by atoms with E-state index < -0.39 is 5.63 Å². The zero-order chi connectivity index (χ0) is 35.0. The molecule has 3 aromatic rings. The molecule has 8 atom stereocenters. The van der Waals surface area contributed by atoms with Crippen molar-refractivity contribution in [3.63, 3.8) is 0 Å². The zero-order valence-electron chi connectivity index (χ0n) is 31.0. The maximum Gasteiger partial charge on any atom is 0.344 e. The molecule has 4 aliphatic carbocycles. The van der Waals surface area contributed by atoms with Gasteiger partial charge in [0.1, 0.15) is 17.4 Å². The number of fused-ring (bicyclic) bond motifs is 6. The summed E-state index contributed by atoms with van der Waals surface area (Å²) in [7, 11) is 0. The van der Waals surface area contributed by atoms with Crippen LogP contribution in [-0.4, -0.2) is 18.7 Å². The first-order valence-electron chi connectivity index (χ1n) is 19.7. The summed E-state index contributed by atoms with van der Waals surface area (Å²) in [6.07, 6.45) is 17.6. The minimum absolute atomic E-state index is 0.105. The molecule has 50 heavy (non-hydrogen) atoms. The molecule has 0 N–H and O–H groups in total. The molecule has 7 rings (SSSR count). The third-order valence-electron chi connectivity index (χ3n) is 13.9. The largest absolute Gasteiger partial charge is 0.482 e. The second kappa shape index (κ2) is 14.4. The smallest absolute Gasteiger partial charge is 0.344 e. The molecule has 0 aliphatic heterocycles. The number of benzene rings is 2. The fourth-order valence-corrected chi connectivity index (χ4v) is 11.1. The Bertz CT molecular complexity index is 1750. The van der Waals surface area contributed by atoms with Gasteiger partial charge >= 0.3 is 11.6 Å². The number of carbonyl (C=O) groups is 1. The predicted octanol–water partition coefficient (Wildman–Crippen LogP) is 11.2. The average Bonchev–Trinajstić information content (AvgIpc) is 3.09. The summed E-state index contributed by atoms with van der Waals surface area (Å²) in [6.45, 7) is 12.3. The van der Waals surface area contributed by atoms with Gasteiger partial charge < -0.3 is 13.9 Å². The van der Waals surface area contributed by atoms with Gasteiger partial charge in [-0.25, -0.2) is 9.59 Å². The number of hydrogen-bond acceptors (Lipinski definition) is 5. The van der Waals surface area contributed by atoms with E-state index in [0.717, 1.165) is 71.3 Å². The molecule has 1 heterocycles. The molecule has 0 radical (unpaired) electrons. The van der Waals surface area contributed by atoms with Gasteiger partial charge in [0.2, 0.25) is 0 Å². The van der Waals surface area contributed by atoms with E-state index in [-0.39, 0.29) is 24.1 Å². The number of esters is 1. The van der Waals surface area contributed by atoms with Crippen molar-refractivity contribution in [2.75, 3.05) is 6.61 Å². The van der Waals surface area contributed by atoms with Gasteiger partial charge in [-0.1, -0.05) is 95.9 Å². The summed E-state index contributed by atoms with van der Waals surface area (Å²) in [5.41, 5.74) is 3.99. The van der Waals surface area contributed by atoms with Crippen molar-refractivity contribution >= 4 is 16.9 Å². The normalized spacial score (nSPS) is 31.2. The SMILES string of the molecule is CC(C)CCC[C@H](C)[C@@H]1CC[C@@H]2[C@@H]3CC=C4C[C@@H](OC(=O)COc5ccc6c(-c7ccccc7)cc(=O)oc6c5)CC[C@]4(C)[C@H]3CC[C@]2(C)C1. The molecular formula is C45H58O5. The Morgan fingerprint density at radius 3 is 2.56 bits per heavy atom. The highest BCUT2D eigenvalue weighted by Gasteiger charge is 2.56. The summed E-state index contributed by atoms with van der Waals surface area (Å²) in [4.78, 5) is 25.4. The highest BCUT2D eigenvalue weighted by atomic mass is 16.6. The van der Waals surface area contributed by atoms with E-state index in [2.05, 4.69) is 40.7 Å². The van der Waals surface area contributed by atoms with Crippen molar-refractivity contribution < 1.29 is 18.7 Å². The van der Waals surface area contributed by atoms with Gasteiger partial charge in [-0.2, -0.15) is 0 Å². The van der Waals surface area contributed by atoms with Crippen LogP contribution in [0.15, 0.2) is 75.5 Å². The lowest BCUT2D eigenvalue weighted by atomic mass is 9.44. The Hall–Kier alpha value is -3.34. The standard InChI is InChI=1S/C45H58O5/c1-29(2)10-9-11-30(3)32-14-19-39-37-17-15-33-24-35(20-23-45(33,5)40(37)21-22-44(39,4)27-32)49-43(47)28-48-34-16-18-36-38(31-12-7-6-8-13-31)26-42(46)50-41(36)25-34/h6-8,12-13,15-16,18,25-26,29-30,32,35,37,39-40H,9-11,14,17,19-24,27-28H2,1-5H3/t30-,32+,35-,37-,39+,40-,44+,45-/m0/s1. The van der Waals surface area contributed by atoms with Crippen molar-refractivity contribution in [1.82, 2.24) is 0 Å². The molecule has 0 amide bonds. The second-order valence-corrected chi connectivity index (χ2v) is 17.4. The van der Waals surface area contributed by atoms with Crippen molar-refractivity contribution in [2.45, 2.75) is 118 Å². The lowest BCUT2D eigenvalue weighted by Gasteiger charge is -2.61. The van der Waals surface area contributed by atoms with Gasteiger partial charge in [-0.15, -0.1) is 0 Å². The maximum atomic E-state index is 13.0. The topological polar surface area (TPSA) is 65.7 Å². The summed E-state index contributed by atoms with van der Waals surface area (Å²) >= 11 is 0. The van der Waals surface area contributed by atoms with Crippen LogP contribution in [0.3, 0.4) is 0 Å². The third-order valence-corrected chi connectivity index (χ3v) is 13.9. The molecule has 0 saturated heterocycles. The summed E-state index contributed by atoms with van der Waals surface area (Å²) in [5.74, 6) is 5.07. The van der Waals surface area contributed by atoms with Crippen LogP contribution in [-0.2, 0) is 9.53 Å². The van der Waals surface area contributed by atoms with E-state index in [1.54, 1.807) is 6.07 Å². The lowest BCUT2D eigenvalue weighted by Crippen LogP contribution is -2.52. The molecule has 5 heteroatoms. The maximum absolute atomic E-state index is 13.0. The number of allylic oxidation sites excluding steroid dienone is 1. The molecule has 5 nitrogen and oxygen atoms in total. The van der Waals surface area contributed by atoms with Gasteiger partial charge in [0, 0.05) is 23.9 Å². The van der Waals surface area contributed by atoms with Crippen molar-refractivity contribution in [3.05, 3.63) is 76.7 Å². The Morgan fingerprint density at radius 2 is 1.76 bits per heavy atom. The molecular weight excluding hydrogens is 620 g/mol. The van der Waals surface area contributed by atoms with Crippen LogP contribution in [0, 0.1) is 46.3 Å². The van der Waals surface area contributed by atoms with Crippen LogP contribution in [0.1, 0.15) is 112 Å². The van der Waals surface area contributed by atoms with Crippen molar-refractivity contribution in [1.29, 1.82) is 0 Å². The van der Waals surface area contributed by atoms with Crippen LogP contribution in [0.2, 0.25) is 0 Å². The van der Waals surface area contributed by atoms with E-state index in [4.69, 9.17) is 13.9 Å². The van der Waals surface area contributed by atoms with Gasteiger partial charge in [-0.3, -0.25) is 0 Å². The molecule has 1 aromatic heterocycles. The second-order valence-electron chi connectivity index (χ2n) is 17.4. The van der Waals surface area contributed by atoms with E-state index in [0.29, 0.717) is 16.7 Å². The Balaban J connectivity index is 0.945. The first-order chi connectivity index (χ1) is 24.0. The van der Waals surface area contributed by atoms with E-state index in [1.807, 2.05) is 42.5 Å². The molecule has 2 aromatic carbocycles. The summed E-state index contributed by atoms with van der Waals surface area (Å²) in [6, 6.07) is 16.7. The van der Waals surface area contributed by atoms with E-state index in [9.17, 15) is 9.59 Å². The number of carbonyl (C=O) groups excluding carboxylic acids is 1. The van der Waals surface area contributed by atoms with Crippen LogP contribution < -0.4 is 10.4 Å². The molecule has 3 saturated carbocycles. The van der Waals surface area contributed by atoms with Crippen LogP contribution in [0.25, 0.3) is 22.1 Å². The van der Waals surface area contributed by atoms with Gasteiger partial charge in [0.15, 0.2) is 6.61 Å². The third kappa shape index (κ3) is 7.08.